The first-order chi connectivity index (χ1) is 13.2. The largest absolute Gasteiger partial charge is 1.00 e. The van der Waals surface area contributed by atoms with Crippen molar-refractivity contribution in [2.75, 3.05) is 0 Å². The number of hydrogen-bond acceptors (Lipinski definition) is 0. The summed E-state index contributed by atoms with van der Waals surface area (Å²) >= 11 is 1.55. The monoisotopic (exact) mass is 497 g/mol. The van der Waals surface area contributed by atoms with Crippen LogP contribution in [0, 0.1) is 12.2 Å². The molecule has 2 aliphatic rings. The number of hydrogen-bond donors (Lipinski definition) is 0. The molecule has 0 saturated carbocycles. The van der Waals surface area contributed by atoms with Crippen molar-refractivity contribution in [2.24, 2.45) is 0 Å². The first-order valence-electron chi connectivity index (χ1n) is 9.17. The molecule has 0 heterocycles. The zero-order valence-electron chi connectivity index (χ0n) is 16.8. The molecule has 0 bridgehead atoms. The molecule has 0 nitrogen and oxygen atoms in total. The second kappa shape index (κ2) is 16.4. The third-order valence-corrected chi connectivity index (χ3v) is 3.69. The molecule has 0 fully saturated rings. The van der Waals surface area contributed by atoms with Gasteiger partial charge in [-0.3, -0.25) is 12.2 Å². The Bertz CT molecular complexity index is 878. The fourth-order valence-electron chi connectivity index (χ4n) is 2.58. The Morgan fingerprint density at radius 2 is 1.14 bits per heavy atom. The summed E-state index contributed by atoms with van der Waals surface area (Å²) in [5.74, 6) is 0. The van der Waals surface area contributed by atoms with Crippen molar-refractivity contribution in [3.8, 4) is 0 Å². The summed E-state index contributed by atoms with van der Waals surface area (Å²) in [7, 11) is 0. The SMILES string of the molecule is C[C](C)=[Zr+2].[C-]1=CC=CC1.[C-]1=CC=CC1.[Cl-].[Cl-].c1ccc2c(c1)[cH-]c1ccccc12. The zero-order valence-corrected chi connectivity index (χ0v) is 20.8. The van der Waals surface area contributed by atoms with Crippen molar-refractivity contribution < 1.29 is 49.0 Å². The van der Waals surface area contributed by atoms with Crippen molar-refractivity contribution in [2.45, 2.75) is 26.7 Å². The first kappa shape index (κ1) is 27.6. The van der Waals surface area contributed by atoms with Crippen molar-refractivity contribution in [3.63, 3.8) is 0 Å². The fourth-order valence-corrected chi connectivity index (χ4v) is 2.58. The normalized spacial score (nSPS) is 12.0. The van der Waals surface area contributed by atoms with E-state index in [1.54, 1.807) is 24.2 Å². The predicted molar refractivity (Wildman–Crippen MR) is 117 cm³/mol. The molecular formula is C26H25Cl2Zr-3. The van der Waals surface area contributed by atoms with Gasteiger partial charge in [-0.25, -0.2) is 24.3 Å². The van der Waals surface area contributed by atoms with E-state index in [1.807, 2.05) is 24.3 Å². The topological polar surface area (TPSA) is 0 Å². The quantitative estimate of drug-likeness (QED) is 0.406. The van der Waals surface area contributed by atoms with Gasteiger partial charge in [0.05, 0.1) is 0 Å². The molecule has 0 saturated heterocycles. The molecule has 0 aromatic heterocycles. The van der Waals surface area contributed by atoms with E-state index in [0.717, 1.165) is 12.8 Å². The van der Waals surface area contributed by atoms with Crippen LogP contribution in [0.1, 0.15) is 26.7 Å². The van der Waals surface area contributed by atoms with Crippen LogP contribution in [-0.2, 0) is 24.2 Å². The summed E-state index contributed by atoms with van der Waals surface area (Å²) in [4.78, 5) is 0. The summed E-state index contributed by atoms with van der Waals surface area (Å²) in [6.45, 7) is 4.25. The molecule has 0 aliphatic heterocycles. The summed E-state index contributed by atoms with van der Waals surface area (Å²) in [6, 6.07) is 19.3. The van der Waals surface area contributed by atoms with Crippen molar-refractivity contribution in [3.05, 3.63) is 103 Å². The molecule has 3 aromatic rings. The Labute approximate surface area is 202 Å². The molecule has 0 N–H and O–H groups in total. The van der Waals surface area contributed by atoms with Gasteiger partial charge in [0.15, 0.2) is 0 Å². The molecule has 0 atom stereocenters. The Kier molecular flexibility index (Phi) is 15.6. The summed E-state index contributed by atoms with van der Waals surface area (Å²) in [6.07, 6.45) is 20.0. The molecule has 150 valence electrons. The average molecular weight is 500 g/mol. The van der Waals surface area contributed by atoms with Crippen LogP contribution in [0.25, 0.3) is 21.5 Å². The molecule has 2 aliphatic carbocycles. The van der Waals surface area contributed by atoms with Gasteiger partial charge in [-0.1, -0.05) is 36.4 Å². The summed E-state index contributed by atoms with van der Waals surface area (Å²) in [5.41, 5.74) is 0. The minimum absolute atomic E-state index is 0. The third kappa shape index (κ3) is 10.8. The molecule has 0 unspecified atom stereocenters. The van der Waals surface area contributed by atoms with E-state index in [-0.39, 0.29) is 24.8 Å². The van der Waals surface area contributed by atoms with Gasteiger partial charge in [0.1, 0.15) is 0 Å². The first-order valence-corrected chi connectivity index (χ1v) is 10.4. The van der Waals surface area contributed by atoms with Crippen LogP contribution >= 0.6 is 0 Å². The Balaban J connectivity index is 0.000000413. The molecule has 3 aromatic carbocycles. The van der Waals surface area contributed by atoms with Crippen LogP contribution < -0.4 is 24.8 Å². The third-order valence-electron chi connectivity index (χ3n) is 3.69. The maximum atomic E-state index is 2.99. The van der Waals surface area contributed by atoms with E-state index in [1.165, 1.54) is 24.8 Å². The van der Waals surface area contributed by atoms with Crippen LogP contribution in [0.5, 0.6) is 0 Å². The second-order valence-electron chi connectivity index (χ2n) is 6.32. The minimum Gasteiger partial charge on any atom is -1.00 e. The van der Waals surface area contributed by atoms with E-state index in [2.05, 4.69) is 92.7 Å². The van der Waals surface area contributed by atoms with Crippen LogP contribution in [0.2, 0.25) is 0 Å². The van der Waals surface area contributed by atoms with Gasteiger partial charge >= 0.3 is 41.3 Å². The van der Waals surface area contributed by atoms with E-state index in [4.69, 9.17) is 0 Å². The fraction of sp³-hybridized carbons (Fsp3) is 0.154. The standard InChI is InChI=1S/C13H9.2C5H5.C3H6.2ClH.Zr/c1-3-7-12-10(5-1)9-11-6-2-4-8-13(11)12;2*1-2-4-5-3-1;1-3-2;;;/h1-9H;2*1-3H,4H2;1-2H3;2*1H;/q3*-1;;;;+2/p-2. The molecule has 3 heteroatoms. The maximum Gasteiger partial charge on any atom is -0.0771 e. The van der Waals surface area contributed by atoms with Crippen LogP contribution in [0.4, 0.5) is 0 Å². The van der Waals surface area contributed by atoms with Crippen LogP contribution in [0.15, 0.2) is 91.1 Å². The number of benzene rings is 2. The summed E-state index contributed by atoms with van der Waals surface area (Å²) in [5, 5.41) is 5.39. The zero-order chi connectivity index (χ0) is 19.3. The summed E-state index contributed by atoms with van der Waals surface area (Å²) < 4.78 is 1.51. The Morgan fingerprint density at radius 3 is 1.41 bits per heavy atom. The van der Waals surface area contributed by atoms with Crippen molar-refractivity contribution in [1.29, 1.82) is 0 Å². The second-order valence-corrected chi connectivity index (χ2v) is 8.78. The van der Waals surface area contributed by atoms with Gasteiger partial charge in [0, 0.05) is 0 Å². The molecule has 0 spiro atoms. The minimum atomic E-state index is 0. The van der Waals surface area contributed by atoms with Gasteiger partial charge < -0.3 is 24.8 Å². The van der Waals surface area contributed by atoms with Crippen LogP contribution in [-0.4, -0.2) is 3.21 Å². The van der Waals surface area contributed by atoms with Gasteiger partial charge in [0.25, 0.3) is 0 Å². The van der Waals surface area contributed by atoms with Crippen molar-refractivity contribution in [1.82, 2.24) is 0 Å². The predicted octanol–water partition coefficient (Wildman–Crippen LogP) is 1.08. The molecule has 0 radical (unpaired) electrons. The molecule has 5 rings (SSSR count). The van der Waals surface area contributed by atoms with E-state index in [9.17, 15) is 0 Å². The van der Waals surface area contributed by atoms with Gasteiger partial charge in [0.2, 0.25) is 0 Å². The smallest absolute Gasteiger partial charge is 0.0771 e. The van der Waals surface area contributed by atoms with Gasteiger partial charge in [-0.05, 0) is 0 Å². The molecule has 0 amide bonds. The van der Waals surface area contributed by atoms with E-state index < -0.39 is 0 Å². The van der Waals surface area contributed by atoms with E-state index >= 15 is 0 Å². The Hall–Kier alpha value is -1.40. The number of fused-ring (bicyclic) bond motifs is 3. The van der Waals surface area contributed by atoms with E-state index in [0.29, 0.717) is 0 Å². The Morgan fingerprint density at radius 1 is 0.759 bits per heavy atom. The van der Waals surface area contributed by atoms with Gasteiger partial charge in [-0.2, -0.15) is 12.2 Å². The van der Waals surface area contributed by atoms with Gasteiger partial charge in [-0.15, -0.1) is 52.6 Å². The molecular weight excluding hydrogens is 474 g/mol. The number of allylic oxidation sites excluding steroid dienone is 8. The average Bonchev–Trinajstić information content (AvgIpc) is 3.45. The maximum absolute atomic E-state index is 2.99. The number of rotatable bonds is 0. The molecule has 29 heavy (non-hydrogen) atoms. The number of halogens is 2. The van der Waals surface area contributed by atoms with Crippen LogP contribution in [0.3, 0.4) is 0 Å². The van der Waals surface area contributed by atoms with Crippen molar-refractivity contribution >= 4 is 24.8 Å².